The van der Waals surface area contributed by atoms with Gasteiger partial charge in [0.15, 0.2) is 9.84 Å². The Bertz CT molecular complexity index is 874. The van der Waals surface area contributed by atoms with Gasteiger partial charge in [0, 0.05) is 6.54 Å². The Balaban J connectivity index is 2.18. The van der Waals surface area contributed by atoms with Crippen molar-refractivity contribution in [3.8, 4) is 0 Å². The van der Waals surface area contributed by atoms with E-state index in [2.05, 4.69) is 0 Å². The molecule has 0 spiro atoms. The molecule has 3 rings (SSSR count). The summed E-state index contributed by atoms with van der Waals surface area (Å²) < 4.78 is 50.7. The van der Waals surface area contributed by atoms with Gasteiger partial charge in [-0.05, 0) is 24.3 Å². The van der Waals surface area contributed by atoms with E-state index >= 15 is 0 Å². The Labute approximate surface area is 123 Å². The minimum absolute atomic E-state index is 0.0655. The summed E-state index contributed by atoms with van der Waals surface area (Å²) in [5.74, 6) is -0.212. The second kappa shape index (κ2) is 4.85. The zero-order valence-corrected chi connectivity index (χ0v) is 12.6. The lowest BCUT2D eigenvalue weighted by Gasteiger charge is -2.30. The van der Waals surface area contributed by atoms with E-state index in [-0.39, 0.29) is 27.8 Å². The fraction of sp³-hybridized carbons (Fsp3) is 0.143. The normalized spacial score (nSPS) is 17.2. The molecule has 2 aromatic carbocycles. The third kappa shape index (κ3) is 2.32. The topological polar surface area (TPSA) is 71.5 Å². The van der Waals surface area contributed by atoms with Crippen molar-refractivity contribution in [2.45, 2.75) is 9.79 Å². The van der Waals surface area contributed by atoms with Gasteiger partial charge in [-0.25, -0.2) is 16.8 Å². The van der Waals surface area contributed by atoms with Crippen LogP contribution in [0.5, 0.6) is 0 Å². The third-order valence-electron chi connectivity index (χ3n) is 3.36. The molecule has 0 aromatic heterocycles. The zero-order valence-electron chi connectivity index (χ0n) is 11.0. The van der Waals surface area contributed by atoms with Crippen molar-refractivity contribution in [2.24, 2.45) is 0 Å². The molecule has 0 aliphatic carbocycles. The number of nitrogens with zero attached hydrogens (tertiary/aromatic N) is 1. The van der Waals surface area contributed by atoms with E-state index in [9.17, 15) is 16.8 Å². The van der Waals surface area contributed by atoms with E-state index < -0.39 is 19.9 Å². The molecule has 5 nitrogen and oxygen atoms in total. The first-order chi connectivity index (χ1) is 9.93. The third-order valence-corrected chi connectivity index (χ3v) is 6.93. The van der Waals surface area contributed by atoms with Crippen LogP contribution in [0.4, 0.5) is 5.69 Å². The van der Waals surface area contributed by atoms with Crippen LogP contribution in [0, 0.1) is 0 Å². The number of benzene rings is 2. The predicted octanol–water partition coefficient (Wildman–Crippen LogP) is 1.67. The molecule has 0 bridgehead atoms. The molecule has 0 amide bonds. The van der Waals surface area contributed by atoms with Crippen molar-refractivity contribution in [3.63, 3.8) is 0 Å². The van der Waals surface area contributed by atoms with Gasteiger partial charge in [-0.3, -0.25) is 4.31 Å². The highest BCUT2D eigenvalue weighted by Crippen LogP contribution is 2.33. The molecule has 110 valence electrons. The maximum absolute atomic E-state index is 12.7. The van der Waals surface area contributed by atoms with E-state index in [1.165, 1.54) is 28.6 Å². The highest BCUT2D eigenvalue weighted by molar-refractivity contribution is 7.94. The number of anilines is 1. The smallest absolute Gasteiger partial charge is 0.264 e. The molecule has 2 aromatic rings. The van der Waals surface area contributed by atoms with E-state index in [0.717, 1.165) is 0 Å². The van der Waals surface area contributed by atoms with Gasteiger partial charge in [-0.15, -0.1) is 0 Å². The van der Waals surface area contributed by atoms with E-state index in [1.54, 1.807) is 30.3 Å². The quantitative estimate of drug-likeness (QED) is 0.843. The molecule has 0 N–H and O–H groups in total. The molecule has 7 heteroatoms. The lowest BCUT2D eigenvalue weighted by Crippen LogP contribution is -2.39. The summed E-state index contributed by atoms with van der Waals surface area (Å²) in [4.78, 5) is 0.217. The van der Waals surface area contributed by atoms with Crippen LogP contribution >= 0.6 is 0 Å². The molecule has 21 heavy (non-hydrogen) atoms. The lowest BCUT2D eigenvalue weighted by molar-refractivity contribution is 0.584. The molecule has 0 atom stereocenters. The number of hydrogen-bond acceptors (Lipinski definition) is 4. The summed E-state index contributed by atoms with van der Waals surface area (Å²) in [6.45, 7) is -0.0728. The number of para-hydroxylation sites is 1. The molecule has 0 unspecified atom stereocenters. The average Bonchev–Trinajstić information content (AvgIpc) is 2.48. The maximum Gasteiger partial charge on any atom is 0.264 e. The highest BCUT2D eigenvalue weighted by atomic mass is 32.2. The Morgan fingerprint density at radius 2 is 1.52 bits per heavy atom. The molecule has 0 fully saturated rings. The maximum atomic E-state index is 12.7. The molecule has 0 saturated heterocycles. The Morgan fingerprint density at radius 1 is 0.905 bits per heavy atom. The summed E-state index contributed by atoms with van der Waals surface area (Å²) in [7, 11) is -7.18. The van der Waals surface area contributed by atoms with Crippen molar-refractivity contribution in [1.29, 1.82) is 0 Å². The van der Waals surface area contributed by atoms with Gasteiger partial charge in [0.25, 0.3) is 10.0 Å². The van der Waals surface area contributed by atoms with Gasteiger partial charge in [-0.1, -0.05) is 30.3 Å². The van der Waals surface area contributed by atoms with E-state index in [4.69, 9.17) is 0 Å². The minimum Gasteiger partial charge on any atom is -0.264 e. The van der Waals surface area contributed by atoms with Crippen LogP contribution in [0.3, 0.4) is 0 Å². The monoisotopic (exact) mass is 323 g/mol. The van der Waals surface area contributed by atoms with Crippen LogP contribution in [-0.4, -0.2) is 29.1 Å². The van der Waals surface area contributed by atoms with Crippen molar-refractivity contribution in [1.82, 2.24) is 0 Å². The van der Waals surface area contributed by atoms with Gasteiger partial charge >= 0.3 is 0 Å². The molecule has 1 heterocycles. The number of sulfone groups is 1. The van der Waals surface area contributed by atoms with Crippen molar-refractivity contribution in [3.05, 3.63) is 54.6 Å². The number of fused-ring (bicyclic) bond motifs is 1. The van der Waals surface area contributed by atoms with Gasteiger partial charge in [-0.2, -0.15) is 0 Å². The Morgan fingerprint density at radius 3 is 2.24 bits per heavy atom. The Kier molecular flexibility index (Phi) is 3.26. The number of hydrogen-bond donors (Lipinski definition) is 0. The van der Waals surface area contributed by atoms with Gasteiger partial charge in [0.1, 0.15) is 0 Å². The van der Waals surface area contributed by atoms with Crippen molar-refractivity contribution >= 4 is 25.5 Å². The second-order valence-electron chi connectivity index (χ2n) is 4.68. The lowest BCUT2D eigenvalue weighted by atomic mass is 10.3. The van der Waals surface area contributed by atoms with Crippen LogP contribution in [0.15, 0.2) is 64.4 Å². The van der Waals surface area contributed by atoms with Crippen LogP contribution in [0.1, 0.15) is 0 Å². The van der Waals surface area contributed by atoms with Crippen LogP contribution in [-0.2, 0) is 19.9 Å². The summed E-state index contributed by atoms with van der Waals surface area (Å²) in [5, 5.41) is 0. The molecular weight excluding hydrogens is 310 g/mol. The van der Waals surface area contributed by atoms with E-state index in [0.29, 0.717) is 0 Å². The zero-order chi connectivity index (χ0) is 15.1. The number of sulfonamides is 1. The van der Waals surface area contributed by atoms with Gasteiger partial charge in [0.2, 0.25) is 0 Å². The molecular formula is C14H13NO4S2. The molecule has 0 radical (unpaired) electrons. The van der Waals surface area contributed by atoms with Crippen LogP contribution in [0.25, 0.3) is 0 Å². The van der Waals surface area contributed by atoms with Crippen LogP contribution in [0.2, 0.25) is 0 Å². The largest absolute Gasteiger partial charge is 0.264 e. The summed E-state index contributed by atoms with van der Waals surface area (Å²) in [6, 6.07) is 14.2. The fourth-order valence-electron chi connectivity index (χ4n) is 2.33. The Hall–Kier alpha value is -1.86. The average molecular weight is 323 g/mol. The fourth-order valence-corrected chi connectivity index (χ4v) is 5.43. The van der Waals surface area contributed by atoms with Crippen molar-refractivity contribution < 1.29 is 16.8 Å². The van der Waals surface area contributed by atoms with E-state index in [1.807, 2.05) is 0 Å². The standard InChI is InChI=1S/C14H13NO4S2/c16-20(17)11-10-15(13-8-4-5-9-14(13)20)21(18,19)12-6-2-1-3-7-12/h1-9H,10-11H2. The summed E-state index contributed by atoms with van der Waals surface area (Å²) in [5.41, 5.74) is 0.215. The first kappa shape index (κ1) is 14.1. The SMILES string of the molecule is O=S1(=O)CCN(S(=O)(=O)c2ccccc2)c2ccccc21. The first-order valence-corrected chi connectivity index (χ1v) is 9.42. The van der Waals surface area contributed by atoms with Gasteiger partial charge in [0.05, 0.1) is 21.2 Å². The molecule has 1 aliphatic rings. The molecule has 0 saturated carbocycles. The summed E-state index contributed by atoms with van der Waals surface area (Å²) in [6.07, 6.45) is 0. The predicted molar refractivity (Wildman–Crippen MR) is 79.5 cm³/mol. The molecule has 1 aliphatic heterocycles. The summed E-state index contributed by atoms with van der Waals surface area (Å²) >= 11 is 0. The highest BCUT2D eigenvalue weighted by Gasteiger charge is 2.35. The first-order valence-electron chi connectivity index (χ1n) is 6.32. The van der Waals surface area contributed by atoms with Crippen molar-refractivity contribution in [2.75, 3.05) is 16.6 Å². The second-order valence-corrected chi connectivity index (χ2v) is 8.62. The van der Waals surface area contributed by atoms with Gasteiger partial charge < -0.3 is 0 Å². The van der Waals surface area contributed by atoms with Crippen LogP contribution < -0.4 is 4.31 Å². The number of rotatable bonds is 2. The minimum atomic E-state index is -3.76.